The van der Waals surface area contributed by atoms with Gasteiger partial charge in [0, 0.05) is 17.7 Å². The molecule has 0 saturated carbocycles. The highest BCUT2D eigenvalue weighted by molar-refractivity contribution is 5.94. The molecule has 5 heteroatoms. The van der Waals surface area contributed by atoms with Gasteiger partial charge in [0.15, 0.2) is 0 Å². The molecule has 0 fully saturated rings. The number of nitrogens with one attached hydrogen (secondary N) is 1. The molecule has 2 aromatic rings. The van der Waals surface area contributed by atoms with E-state index in [4.69, 9.17) is 5.73 Å². The maximum atomic E-state index is 12.2. The largest absolute Gasteiger partial charge is 0.366 e. The fourth-order valence-corrected chi connectivity index (χ4v) is 3.23. The van der Waals surface area contributed by atoms with Crippen molar-refractivity contribution in [1.29, 1.82) is 0 Å². The van der Waals surface area contributed by atoms with Crippen LogP contribution < -0.4 is 11.1 Å². The number of hydrogen-bond acceptors (Lipinski definition) is 3. The normalized spacial score (nSPS) is 10.9. The number of unbranched alkanes of at least 4 members (excludes halogenated alkanes) is 3. The molecule has 0 aromatic heterocycles. The molecule has 0 aliphatic rings. The van der Waals surface area contributed by atoms with Crippen molar-refractivity contribution in [2.45, 2.75) is 45.4 Å². The van der Waals surface area contributed by atoms with Crippen LogP contribution in [0.2, 0.25) is 0 Å². The van der Waals surface area contributed by atoms with Gasteiger partial charge in [0.1, 0.15) is 0 Å². The van der Waals surface area contributed by atoms with Crippen LogP contribution in [-0.4, -0.2) is 36.9 Å². The Morgan fingerprint density at radius 2 is 1.62 bits per heavy atom. The first-order valence-corrected chi connectivity index (χ1v) is 10.5. The van der Waals surface area contributed by atoms with Crippen LogP contribution in [0.5, 0.6) is 0 Å². The molecule has 3 N–H and O–H groups in total. The SMILES string of the molecule is CCCCCN(C)CCCCC(=O)Nc1ccc(-c2cccc(C(N)=O)c2)cc1. The number of carbonyl (C=O) groups excluding carboxylic acids is 2. The molecule has 0 unspecified atom stereocenters. The molecule has 29 heavy (non-hydrogen) atoms. The average molecular weight is 396 g/mol. The average Bonchev–Trinajstić information content (AvgIpc) is 2.72. The Kier molecular flexibility index (Phi) is 9.38. The molecule has 0 atom stereocenters. The number of rotatable bonds is 12. The molecule has 0 aliphatic carbocycles. The number of primary amides is 1. The van der Waals surface area contributed by atoms with E-state index in [9.17, 15) is 9.59 Å². The molecule has 0 heterocycles. The van der Waals surface area contributed by atoms with Gasteiger partial charge in [0.25, 0.3) is 0 Å². The van der Waals surface area contributed by atoms with E-state index < -0.39 is 5.91 Å². The van der Waals surface area contributed by atoms with E-state index in [2.05, 4.69) is 24.2 Å². The highest BCUT2D eigenvalue weighted by atomic mass is 16.1. The van der Waals surface area contributed by atoms with Crippen molar-refractivity contribution in [2.24, 2.45) is 5.73 Å². The van der Waals surface area contributed by atoms with E-state index in [1.54, 1.807) is 12.1 Å². The predicted molar refractivity (Wildman–Crippen MR) is 120 cm³/mol. The quantitative estimate of drug-likeness (QED) is 0.512. The number of nitrogens with two attached hydrogens (primary N) is 1. The zero-order valence-corrected chi connectivity index (χ0v) is 17.6. The lowest BCUT2D eigenvalue weighted by Crippen LogP contribution is -2.21. The Bertz CT molecular complexity index is 787. The highest BCUT2D eigenvalue weighted by Crippen LogP contribution is 2.22. The fraction of sp³-hybridized carbons (Fsp3) is 0.417. The third-order valence-electron chi connectivity index (χ3n) is 4.99. The molecule has 2 aromatic carbocycles. The number of hydrogen-bond donors (Lipinski definition) is 2. The maximum Gasteiger partial charge on any atom is 0.248 e. The van der Waals surface area contributed by atoms with Crippen molar-refractivity contribution < 1.29 is 9.59 Å². The fourth-order valence-electron chi connectivity index (χ4n) is 3.23. The number of nitrogens with zero attached hydrogens (tertiary/aromatic N) is 1. The second-order valence-electron chi connectivity index (χ2n) is 7.54. The summed E-state index contributed by atoms with van der Waals surface area (Å²) in [6.07, 6.45) is 6.23. The Hall–Kier alpha value is -2.66. The molecule has 5 nitrogen and oxygen atoms in total. The number of anilines is 1. The summed E-state index contributed by atoms with van der Waals surface area (Å²) in [7, 11) is 2.15. The first-order valence-electron chi connectivity index (χ1n) is 10.5. The van der Waals surface area contributed by atoms with Gasteiger partial charge < -0.3 is 16.0 Å². The number of carbonyl (C=O) groups is 2. The van der Waals surface area contributed by atoms with Gasteiger partial charge in [-0.15, -0.1) is 0 Å². The Balaban J connectivity index is 1.76. The molecule has 156 valence electrons. The predicted octanol–water partition coefficient (Wildman–Crippen LogP) is 4.68. The summed E-state index contributed by atoms with van der Waals surface area (Å²) in [4.78, 5) is 25.8. The van der Waals surface area contributed by atoms with Gasteiger partial charge in [-0.25, -0.2) is 0 Å². The lowest BCUT2D eigenvalue weighted by molar-refractivity contribution is -0.116. The van der Waals surface area contributed by atoms with E-state index in [0.717, 1.165) is 42.7 Å². The van der Waals surface area contributed by atoms with Crippen LogP contribution in [-0.2, 0) is 4.79 Å². The first-order chi connectivity index (χ1) is 14.0. The summed E-state index contributed by atoms with van der Waals surface area (Å²) in [5.41, 5.74) is 8.49. The minimum Gasteiger partial charge on any atom is -0.366 e. The summed E-state index contributed by atoms with van der Waals surface area (Å²) in [5, 5.41) is 2.95. The van der Waals surface area contributed by atoms with Crippen molar-refractivity contribution >= 4 is 17.5 Å². The van der Waals surface area contributed by atoms with Crippen molar-refractivity contribution in [3.63, 3.8) is 0 Å². The van der Waals surface area contributed by atoms with E-state index in [1.165, 1.54) is 19.3 Å². The minimum atomic E-state index is -0.442. The van der Waals surface area contributed by atoms with Gasteiger partial charge in [-0.2, -0.15) is 0 Å². The third kappa shape index (κ3) is 8.08. The standard InChI is InChI=1S/C24H33N3O2/c1-3-4-6-16-27(2)17-7-5-11-23(28)26-22-14-12-19(13-15-22)20-9-8-10-21(18-20)24(25)29/h8-10,12-15,18H,3-7,11,16-17H2,1-2H3,(H2,25,29)(H,26,28). The smallest absolute Gasteiger partial charge is 0.248 e. The second-order valence-corrected chi connectivity index (χ2v) is 7.54. The van der Waals surface area contributed by atoms with Crippen LogP contribution in [0, 0.1) is 0 Å². The maximum absolute atomic E-state index is 12.2. The van der Waals surface area contributed by atoms with Gasteiger partial charge in [-0.3, -0.25) is 9.59 Å². The third-order valence-corrected chi connectivity index (χ3v) is 4.99. The minimum absolute atomic E-state index is 0.0436. The van der Waals surface area contributed by atoms with Crippen molar-refractivity contribution in [3.05, 3.63) is 54.1 Å². The zero-order valence-electron chi connectivity index (χ0n) is 17.6. The molecule has 0 radical (unpaired) electrons. The monoisotopic (exact) mass is 395 g/mol. The van der Waals surface area contributed by atoms with Gasteiger partial charge in [0.2, 0.25) is 11.8 Å². The van der Waals surface area contributed by atoms with E-state index in [1.807, 2.05) is 36.4 Å². The molecular formula is C24H33N3O2. The lowest BCUT2D eigenvalue weighted by atomic mass is 10.0. The topological polar surface area (TPSA) is 75.4 Å². The molecule has 2 amide bonds. The Morgan fingerprint density at radius 1 is 0.931 bits per heavy atom. The van der Waals surface area contributed by atoms with Gasteiger partial charge in [0.05, 0.1) is 0 Å². The lowest BCUT2D eigenvalue weighted by Gasteiger charge is -2.16. The van der Waals surface area contributed by atoms with Crippen molar-refractivity contribution in [2.75, 3.05) is 25.5 Å². The van der Waals surface area contributed by atoms with Crippen LogP contribution in [0.15, 0.2) is 48.5 Å². The van der Waals surface area contributed by atoms with Crippen LogP contribution in [0.1, 0.15) is 55.8 Å². The number of benzene rings is 2. The van der Waals surface area contributed by atoms with Crippen molar-refractivity contribution in [3.8, 4) is 11.1 Å². The van der Waals surface area contributed by atoms with Gasteiger partial charge in [-0.1, -0.05) is 44.0 Å². The first kappa shape index (κ1) is 22.6. The van der Waals surface area contributed by atoms with Gasteiger partial charge in [-0.05, 0) is 74.8 Å². The van der Waals surface area contributed by atoms with Crippen LogP contribution >= 0.6 is 0 Å². The molecule has 2 rings (SSSR count). The van der Waals surface area contributed by atoms with E-state index in [-0.39, 0.29) is 5.91 Å². The summed E-state index contributed by atoms with van der Waals surface area (Å²) < 4.78 is 0. The van der Waals surface area contributed by atoms with Crippen molar-refractivity contribution in [1.82, 2.24) is 4.90 Å². The Labute approximate surface area is 174 Å². The molecule has 0 saturated heterocycles. The summed E-state index contributed by atoms with van der Waals surface area (Å²) in [6, 6.07) is 14.8. The van der Waals surface area contributed by atoms with Crippen LogP contribution in [0.4, 0.5) is 5.69 Å². The summed E-state index contributed by atoms with van der Waals surface area (Å²) in [6.45, 7) is 4.39. The second kappa shape index (κ2) is 12.0. The number of amides is 2. The molecule has 0 spiro atoms. The van der Waals surface area contributed by atoms with E-state index >= 15 is 0 Å². The highest BCUT2D eigenvalue weighted by Gasteiger charge is 2.06. The van der Waals surface area contributed by atoms with Crippen LogP contribution in [0.25, 0.3) is 11.1 Å². The summed E-state index contributed by atoms with van der Waals surface area (Å²) >= 11 is 0. The summed E-state index contributed by atoms with van der Waals surface area (Å²) in [5.74, 6) is -0.398. The molecular weight excluding hydrogens is 362 g/mol. The molecule has 0 bridgehead atoms. The van der Waals surface area contributed by atoms with E-state index in [0.29, 0.717) is 12.0 Å². The molecule has 0 aliphatic heterocycles. The zero-order chi connectivity index (χ0) is 21.1. The Morgan fingerprint density at radius 3 is 2.28 bits per heavy atom. The van der Waals surface area contributed by atoms with Crippen LogP contribution in [0.3, 0.4) is 0 Å². The van der Waals surface area contributed by atoms with Gasteiger partial charge >= 0.3 is 0 Å².